The highest BCUT2D eigenvalue weighted by Crippen LogP contribution is 2.45. The molecule has 0 spiro atoms. The summed E-state index contributed by atoms with van der Waals surface area (Å²) in [5, 5.41) is 0. The van der Waals surface area contributed by atoms with Gasteiger partial charge in [0.05, 0.1) is 14.2 Å². The Hall–Kier alpha value is -1.22. The van der Waals surface area contributed by atoms with Crippen LogP contribution in [-0.4, -0.2) is 39.3 Å². The molecule has 0 saturated carbocycles. The van der Waals surface area contributed by atoms with Gasteiger partial charge in [-0.1, -0.05) is 13.8 Å². The predicted octanol–water partition coefficient (Wildman–Crippen LogP) is 2.93. The second-order valence-electron chi connectivity index (χ2n) is 5.79. The zero-order valence-electron chi connectivity index (χ0n) is 12.9. The summed E-state index contributed by atoms with van der Waals surface area (Å²) < 4.78 is 11.1. The van der Waals surface area contributed by atoms with Crippen LogP contribution in [0.1, 0.15) is 30.9 Å². The summed E-state index contributed by atoms with van der Waals surface area (Å²) in [6.45, 7) is 4.62. The lowest BCUT2D eigenvalue weighted by atomic mass is 9.73. The molecule has 2 rings (SSSR count). The van der Waals surface area contributed by atoms with Gasteiger partial charge in [-0.25, -0.2) is 0 Å². The van der Waals surface area contributed by atoms with Gasteiger partial charge in [0.1, 0.15) is 11.5 Å². The van der Waals surface area contributed by atoms with Crippen molar-refractivity contribution >= 4 is 0 Å². The smallest absolute Gasteiger partial charge is 0.122 e. The Labute approximate surface area is 116 Å². The molecule has 1 aliphatic rings. The number of benzene rings is 1. The Balaban J connectivity index is 2.57. The lowest BCUT2D eigenvalue weighted by molar-refractivity contribution is 0.175. The quantitative estimate of drug-likeness (QED) is 0.837. The Bertz CT molecular complexity index is 456. The van der Waals surface area contributed by atoms with Crippen molar-refractivity contribution in [1.29, 1.82) is 0 Å². The fourth-order valence-electron chi connectivity index (χ4n) is 3.76. The molecule has 0 bridgehead atoms. The van der Waals surface area contributed by atoms with E-state index in [0.29, 0.717) is 17.9 Å². The largest absolute Gasteiger partial charge is 0.496 e. The summed E-state index contributed by atoms with van der Waals surface area (Å²) in [6.07, 6.45) is 1.04. The van der Waals surface area contributed by atoms with Crippen LogP contribution in [-0.2, 0) is 6.42 Å². The first-order chi connectivity index (χ1) is 9.01. The van der Waals surface area contributed by atoms with E-state index in [9.17, 15) is 0 Å². The Morgan fingerprint density at radius 3 is 2.16 bits per heavy atom. The molecule has 3 heteroatoms. The molecule has 0 N–H and O–H groups in total. The third-order valence-electron chi connectivity index (χ3n) is 4.39. The second-order valence-corrected chi connectivity index (χ2v) is 5.79. The van der Waals surface area contributed by atoms with Crippen molar-refractivity contribution in [2.45, 2.75) is 32.2 Å². The van der Waals surface area contributed by atoms with Crippen LogP contribution in [0.2, 0.25) is 0 Å². The average molecular weight is 263 g/mol. The van der Waals surface area contributed by atoms with Gasteiger partial charge in [-0.2, -0.15) is 0 Å². The number of fused-ring (bicyclic) bond motifs is 1. The summed E-state index contributed by atoms with van der Waals surface area (Å²) in [5.41, 5.74) is 2.64. The third-order valence-corrected chi connectivity index (χ3v) is 4.39. The van der Waals surface area contributed by atoms with Crippen molar-refractivity contribution in [3.63, 3.8) is 0 Å². The van der Waals surface area contributed by atoms with Crippen LogP contribution in [0.5, 0.6) is 11.5 Å². The standard InChI is InChI=1S/C16H25NO2/c1-10-9-12-13(18-5)7-8-14(19-6)15(12)11(2)16(10)17(3)4/h7-8,10-11,16H,9H2,1-6H3. The van der Waals surface area contributed by atoms with E-state index in [0.717, 1.165) is 17.9 Å². The molecule has 0 amide bonds. The van der Waals surface area contributed by atoms with Crippen LogP contribution in [0, 0.1) is 5.92 Å². The highest BCUT2D eigenvalue weighted by Gasteiger charge is 2.36. The van der Waals surface area contributed by atoms with Gasteiger partial charge in [-0.05, 0) is 38.6 Å². The summed E-state index contributed by atoms with van der Waals surface area (Å²) in [6, 6.07) is 4.58. The van der Waals surface area contributed by atoms with Gasteiger partial charge in [-0.15, -0.1) is 0 Å². The lowest BCUT2D eigenvalue weighted by Gasteiger charge is -2.41. The molecule has 19 heavy (non-hydrogen) atoms. The van der Waals surface area contributed by atoms with E-state index < -0.39 is 0 Å². The van der Waals surface area contributed by atoms with Crippen molar-refractivity contribution in [3.8, 4) is 11.5 Å². The fourth-order valence-corrected chi connectivity index (χ4v) is 3.76. The molecule has 3 nitrogen and oxygen atoms in total. The van der Waals surface area contributed by atoms with E-state index in [1.54, 1.807) is 14.2 Å². The van der Waals surface area contributed by atoms with Crippen molar-refractivity contribution in [2.24, 2.45) is 5.92 Å². The maximum absolute atomic E-state index is 5.57. The molecule has 0 heterocycles. The maximum atomic E-state index is 5.57. The van der Waals surface area contributed by atoms with E-state index in [1.165, 1.54) is 11.1 Å². The highest BCUT2D eigenvalue weighted by atomic mass is 16.5. The second kappa shape index (κ2) is 5.41. The molecule has 3 unspecified atom stereocenters. The number of ether oxygens (including phenoxy) is 2. The zero-order chi connectivity index (χ0) is 14.2. The van der Waals surface area contributed by atoms with Crippen molar-refractivity contribution < 1.29 is 9.47 Å². The molecule has 0 radical (unpaired) electrons. The van der Waals surface area contributed by atoms with Gasteiger partial charge in [0, 0.05) is 23.1 Å². The van der Waals surface area contributed by atoms with E-state index in [4.69, 9.17) is 9.47 Å². The molecule has 1 aromatic rings. The number of rotatable bonds is 3. The summed E-state index contributed by atoms with van der Waals surface area (Å²) in [5.74, 6) is 3.03. The molecule has 0 saturated heterocycles. The molecule has 1 aromatic carbocycles. The number of methoxy groups -OCH3 is 2. The van der Waals surface area contributed by atoms with Crippen LogP contribution in [0.4, 0.5) is 0 Å². The molecular formula is C16H25NO2. The first-order valence-corrected chi connectivity index (χ1v) is 6.91. The summed E-state index contributed by atoms with van der Waals surface area (Å²) >= 11 is 0. The molecule has 106 valence electrons. The highest BCUT2D eigenvalue weighted by molar-refractivity contribution is 5.52. The van der Waals surface area contributed by atoms with Crippen LogP contribution < -0.4 is 9.47 Å². The first kappa shape index (κ1) is 14.2. The van der Waals surface area contributed by atoms with Gasteiger partial charge in [0.25, 0.3) is 0 Å². The third kappa shape index (κ3) is 2.32. The molecule has 0 fully saturated rings. The summed E-state index contributed by atoms with van der Waals surface area (Å²) in [4.78, 5) is 2.33. The summed E-state index contributed by atoms with van der Waals surface area (Å²) in [7, 11) is 7.82. The monoisotopic (exact) mass is 263 g/mol. The fraction of sp³-hybridized carbons (Fsp3) is 0.625. The van der Waals surface area contributed by atoms with E-state index in [-0.39, 0.29) is 0 Å². The van der Waals surface area contributed by atoms with Crippen LogP contribution >= 0.6 is 0 Å². The van der Waals surface area contributed by atoms with Gasteiger partial charge < -0.3 is 14.4 Å². The van der Waals surface area contributed by atoms with Gasteiger partial charge in [0.2, 0.25) is 0 Å². The SMILES string of the molecule is COc1ccc(OC)c2c1CC(C)C(N(C)C)C2C. The lowest BCUT2D eigenvalue weighted by Crippen LogP contribution is -2.42. The number of likely N-dealkylation sites (N-methyl/N-ethyl adjacent to an activating group) is 1. The molecular weight excluding hydrogens is 238 g/mol. The minimum Gasteiger partial charge on any atom is -0.496 e. The topological polar surface area (TPSA) is 21.7 Å². The van der Waals surface area contributed by atoms with Gasteiger partial charge in [0.15, 0.2) is 0 Å². The van der Waals surface area contributed by atoms with E-state index in [2.05, 4.69) is 32.8 Å². The molecule has 0 aliphatic heterocycles. The molecule has 0 aromatic heterocycles. The minimum atomic E-state index is 0.443. The minimum absolute atomic E-state index is 0.443. The Kier molecular flexibility index (Phi) is 4.04. The van der Waals surface area contributed by atoms with E-state index >= 15 is 0 Å². The number of nitrogens with zero attached hydrogens (tertiary/aromatic N) is 1. The van der Waals surface area contributed by atoms with Crippen LogP contribution in [0.3, 0.4) is 0 Å². The van der Waals surface area contributed by atoms with Gasteiger partial charge in [-0.3, -0.25) is 0 Å². The van der Waals surface area contributed by atoms with E-state index in [1.807, 2.05) is 12.1 Å². The van der Waals surface area contributed by atoms with Crippen molar-refractivity contribution in [1.82, 2.24) is 4.90 Å². The maximum Gasteiger partial charge on any atom is 0.122 e. The van der Waals surface area contributed by atoms with Crippen LogP contribution in [0.25, 0.3) is 0 Å². The number of hydrogen-bond acceptors (Lipinski definition) is 3. The zero-order valence-corrected chi connectivity index (χ0v) is 12.9. The van der Waals surface area contributed by atoms with Crippen molar-refractivity contribution in [2.75, 3.05) is 28.3 Å². The Morgan fingerprint density at radius 2 is 1.63 bits per heavy atom. The van der Waals surface area contributed by atoms with Gasteiger partial charge >= 0.3 is 0 Å². The van der Waals surface area contributed by atoms with Crippen LogP contribution in [0.15, 0.2) is 12.1 Å². The molecule has 1 aliphatic carbocycles. The first-order valence-electron chi connectivity index (χ1n) is 6.91. The Morgan fingerprint density at radius 1 is 1.05 bits per heavy atom. The number of hydrogen-bond donors (Lipinski definition) is 0. The van der Waals surface area contributed by atoms with Crippen molar-refractivity contribution in [3.05, 3.63) is 23.3 Å². The predicted molar refractivity (Wildman–Crippen MR) is 78.3 cm³/mol. The molecule has 3 atom stereocenters. The normalized spacial score (nSPS) is 26.2. The average Bonchev–Trinajstić information content (AvgIpc) is 2.36.